The molecule has 0 saturated carbocycles. The molecule has 1 heterocycles. The molecule has 0 aliphatic carbocycles. The van der Waals surface area contributed by atoms with Crippen molar-refractivity contribution in [3.05, 3.63) is 40.8 Å². The third-order valence-corrected chi connectivity index (χ3v) is 3.29. The minimum Gasteiger partial charge on any atom is -0.467 e. The first kappa shape index (κ1) is 16.5. The van der Waals surface area contributed by atoms with Gasteiger partial charge in [0.15, 0.2) is 0 Å². The van der Waals surface area contributed by atoms with Gasteiger partial charge in [0.1, 0.15) is 11.6 Å². The molecule has 7 heteroatoms. The van der Waals surface area contributed by atoms with E-state index in [2.05, 4.69) is 15.4 Å². The zero-order valence-electron chi connectivity index (χ0n) is 13.1. The van der Waals surface area contributed by atoms with E-state index >= 15 is 0 Å². The molecule has 0 fully saturated rings. The molecule has 1 atom stereocenters. The number of anilines is 1. The third-order valence-electron chi connectivity index (χ3n) is 3.29. The fraction of sp³-hybridized carbons (Fsp3) is 0.312. The van der Waals surface area contributed by atoms with Gasteiger partial charge in [0, 0.05) is 17.1 Å². The number of nitrogens with one attached hydrogen (secondary N) is 2. The molecule has 1 aromatic heterocycles. The largest absolute Gasteiger partial charge is 0.467 e. The molecule has 0 bridgehead atoms. The van der Waals surface area contributed by atoms with Crippen molar-refractivity contribution in [2.75, 3.05) is 12.4 Å². The van der Waals surface area contributed by atoms with Crippen LogP contribution in [0, 0.1) is 5.92 Å². The molecule has 2 rings (SSSR count). The Morgan fingerprint density at radius 1 is 1.17 bits per heavy atom. The molecule has 2 N–H and O–H groups in total. The lowest BCUT2D eigenvalue weighted by molar-refractivity contribution is -0.143. The van der Waals surface area contributed by atoms with Crippen molar-refractivity contribution in [2.24, 2.45) is 5.92 Å². The molecule has 0 radical (unpaired) electrons. The van der Waals surface area contributed by atoms with Crippen LogP contribution in [0.4, 0.5) is 10.5 Å². The smallest absolute Gasteiger partial charge is 0.336 e. The first-order valence-electron chi connectivity index (χ1n) is 7.10. The summed E-state index contributed by atoms with van der Waals surface area (Å²) in [5.74, 6) is -0.616. The topological polar surface area (TPSA) is 97.6 Å². The number of hydrogen-bond donors (Lipinski definition) is 2. The second kappa shape index (κ2) is 6.95. The number of rotatable bonds is 4. The summed E-state index contributed by atoms with van der Waals surface area (Å²) in [5.41, 5.74) is 0.503. The standard InChI is InChI=1S/C16H18N2O5/c1-9(2)14(15(20)22-3)18-16(21)17-11-5-6-12-10(8-11)4-7-13(19)23-12/h4-9,14H,1-3H3,(H2,17,18,21). The Bertz CT molecular complexity index is 781. The second-order valence-electron chi connectivity index (χ2n) is 5.35. The quantitative estimate of drug-likeness (QED) is 0.664. The molecule has 23 heavy (non-hydrogen) atoms. The van der Waals surface area contributed by atoms with Gasteiger partial charge in [-0.2, -0.15) is 0 Å². The van der Waals surface area contributed by atoms with Crippen LogP contribution in [0.2, 0.25) is 0 Å². The van der Waals surface area contributed by atoms with Crippen LogP contribution in [0.1, 0.15) is 13.8 Å². The highest BCUT2D eigenvalue weighted by molar-refractivity contribution is 5.94. The highest BCUT2D eigenvalue weighted by Gasteiger charge is 2.24. The molecule has 2 amide bonds. The molecule has 0 aliphatic rings. The average molecular weight is 318 g/mol. The number of urea groups is 1. The van der Waals surface area contributed by atoms with E-state index in [0.717, 1.165) is 0 Å². The first-order valence-corrected chi connectivity index (χ1v) is 7.10. The zero-order chi connectivity index (χ0) is 17.0. The SMILES string of the molecule is COC(=O)C(NC(=O)Nc1ccc2oc(=O)ccc2c1)C(C)C. The molecule has 1 unspecified atom stereocenters. The summed E-state index contributed by atoms with van der Waals surface area (Å²) in [6.07, 6.45) is 0. The van der Waals surface area contributed by atoms with Crippen LogP contribution in [0.15, 0.2) is 39.5 Å². The van der Waals surface area contributed by atoms with Crippen LogP contribution in [0.5, 0.6) is 0 Å². The molecule has 7 nitrogen and oxygen atoms in total. The van der Waals surface area contributed by atoms with Crippen LogP contribution < -0.4 is 16.3 Å². The lowest BCUT2D eigenvalue weighted by Gasteiger charge is -2.20. The predicted molar refractivity (Wildman–Crippen MR) is 85.3 cm³/mol. The summed E-state index contributed by atoms with van der Waals surface area (Å²) in [6.45, 7) is 3.61. The van der Waals surface area contributed by atoms with Gasteiger partial charge in [-0.05, 0) is 30.2 Å². The van der Waals surface area contributed by atoms with Gasteiger partial charge in [-0.1, -0.05) is 13.8 Å². The normalized spacial score (nSPS) is 12.0. The van der Waals surface area contributed by atoms with Crippen molar-refractivity contribution in [2.45, 2.75) is 19.9 Å². The Kier molecular flexibility index (Phi) is 5.00. The number of esters is 1. The van der Waals surface area contributed by atoms with Crippen molar-refractivity contribution >= 4 is 28.7 Å². The summed E-state index contributed by atoms with van der Waals surface area (Å²) < 4.78 is 9.69. The number of methoxy groups -OCH3 is 1. The van der Waals surface area contributed by atoms with Crippen molar-refractivity contribution in [1.82, 2.24) is 5.32 Å². The number of carbonyl (C=O) groups is 2. The molecule has 122 valence electrons. The molecular formula is C16H18N2O5. The number of amides is 2. The Balaban J connectivity index is 2.12. The number of ether oxygens (including phenoxy) is 1. The number of fused-ring (bicyclic) bond motifs is 1. The minimum atomic E-state index is -0.738. The first-order chi connectivity index (χ1) is 10.9. The van der Waals surface area contributed by atoms with Gasteiger partial charge in [0.2, 0.25) is 0 Å². The van der Waals surface area contributed by atoms with Gasteiger partial charge in [-0.15, -0.1) is 0 Å². The van der Waals surface area contributed by atoms with Crippen molar-refractivity contribution < 1.29 is 18.7 Å². The van der Waals surface area contributed by atoms with E-state index in [0.29, 0.717) is 16.7 Å². The maximum Gasteiger partial charge on any atom is 0.336 e. The zero-order valence-corrected chi connectivity index (χ0v) is 13.1. The van der Waals surface area contributed by atoms with Crippen molar-refractivity contribution in [3.8, 4) is 0 Å². The summed E-state index contributed by atoms with van der Waals surface area (Å²) in [7, 11) is 1.27. The van der Waals surface area contributed by atoms with E-state index in [1.165, 1.54) is 13.2 Å². The van der Waals surface area contributed by atoms with Gasteiger partial charge < -0.3 is 19.8 Å². The summed E-state index contributed by atoms with van der Waals surface area (Å²) >= 11 is 0. The van der Waals surface area contributed by atoms with E-state index < -0.39 is 23.7 Å². The highest BCUT2D eigenvalue weighted by atomic mass is 16.5. The summed E-state index contributed by atoms with van der Waals surface area (Å²) in [6, 6.07) is 6.51. The van der Waals surface area contributed by atoms with E-state index in [4.69, 9.17) is 4.42 Å². The van der Waals surface area contributed by atoms with Gasteiger partial charge in [-0.25, -0.2) is 14.4 Å². The minimum absolute atomic E-state index is 0.112. The predicted octanol–water partition coefficient (Wildman–Crippen LogP) is 2.11. The van der Waals surface area contributed by atoms with Crippen molar-refractivity contribution in [3.63, 3.8) is 0 Å². The summed E-state index contributed by atoms with van der Waals surface area (Å²) in [5, 5.41) is 5.89. The Morgan fingerprint density at radius 2 is 1.91 bits per heavy atom. The van der Waals surface area contributed by atoms with E-state index in [-0.39, 0.29) is 5.92 Å². The van der Waals surface area contributed by atoms with Gasteiger partial charge >= 0.3 is 17.6 Å². The lowest BCUT2D eigenvalue weighted by Crippen LogP contribution is -2.46. The monoisotopic (exact) mass is 318 g/mol. The average Bonchev–Trinajstić information content (AvgIpc) is 2.51. The second-order valence-corrected chi connectivity index (χ2v) is 5.35. The molecular weight excluding hydrogens is 300 g/mol. The Morgan fingerprint density at radius 3 is 2.57 bits per heavy atom. The molecule has 2 aromatic rings. The molecule has 0 aliphatic heterocycles. The van der Waals surface area contributed by atoms with Gasteiger partial charge in [0.25, 0.3) is 0 Å². The Hall–Kier alpha value is -2.83. The highest BCUT2D eigenvalue weighted by Crippen LogP contribution is 2.17. The van der Waals surface area contributed by atoms with Crippen LogP contribution in [-0.4, -0.2) is 25.2 Å². The van der Waals surface area contributed by atoms with Gasteiger partial charge in [0.05, 0.1) is 7.11 Å². The van der Waals surface area contributed by atoms with Crippen LogP contribution in [0.3, 0.4) is 0 Å². The maximum atomic E-state index is 12.0. The maximum absolute atomic E-state index is 12.0. The van der Waals surface area contributed by atoms with E-state index in [1.807, 2.05) is 0 Å². The fourth-order valence-electron chi connectivity index (χ4n) is 2.08. The number of carbonyl (C=O) groups excluding carboxylic acids is 2. The number of hydrogen-bond acceptors (Lipinski definition) is 5. The fourth-order valence-corrected chi connectivity index (χ4v) is 2.08. The molecule has 0 saturated heterocycles. The Labute approximate surface area is 132 Å². The molecule has 0 spiro atoms. The van der Waals surface area contributed by atoms with Crippen LogP contribution >= 0.6 is 0 Å². The van der Waals surface area contributed by atoms with Gasteiger partial charge in [-0.3, -0.25) is 0 Å². The van der Waals surface area contributed by atoms with Crippen molar-refractivity contribution in [1.29, 1.82) is 0 Å². The third kappa shape index (κ3) is 4.09. The lowest BCUT2D eigenvalue weighted by atomic mass is 10.1. The van der Waals surface area contributed by atoms with Crippen LogP contribution in [0.25, 0.3) is 11.0 Å². The number of benzene rings is 1. The van der Waals surface area contributed by atoms with E-state index in [1.54, 1.807) is 38.1 Å². The van der Waals surface area contributed by atoms with Crippen LogP contribution in [-0.2, 0) is 9.53 Å². The summed E-state index contributed by atoms with van der Waals surface area (Å²) in [4.78, 5) is 34.8. The van der Waals surface area contributed by atoms with E-state index in [9.17, 15) is 14.4 Å². The molecule has 1 aromatic carbocycles.